The van der Waals surface area contributed by atoms with Gasteiger partial charge in [0.25, 0.3) is 11.8 Å². The van der Waals surface area contributed by atoms with Crippen molar-refractivity contribution in [3.63, 3.8) is 0 Å². The first kappa shape index (κ1) is 18.3. The number of nitrogens with zero attached hydrogens (tertiary/aromatic N) is 3. The number of hydrogen-bond donors (Lipinski definition) is 1. The van der Waals surface area contributed by atoms with Crippen molar-refractivity contribution in [2.75, 3.05) is 18.8 Å². The minimum atomic E-state index is -3.64. The number of sulfonamides is 1. The highest BCUT2D eigenvalue weighted by Gasteiger charge is 2.35. The molecule has 0 atom stereocenters. The standard InChI is InChI=1S/C19H18N4O4S/c24-18-15-6-1-2-7-16(15)19(25)23(18)11-12-28(26,27)21-9-8-17-20-13-14-5-3-4-10-22(14)17/h1-7,10,13,21H,8-9,11-12H2. The van der Waals surface area contributed by atoms with E-state index in [0.29, 0.717) is 17.5 Å². The topological polar surface area (TPSA) is 101 Å². The summed E-state index contributed by atoms with van der Waals surface area (Å²) in [5, 5.41) is 0. The molecule has 3 aromatic rings. The lowest BCUT2D eigenvalue weighted by atomic mass is 10.1. The molecule has 0 unspecified atom stereocenters. The number of rotatable bonds is 7. The molecule has 0 spiro atoms. The molecule has 1 aliphatic rings. The Labute approximate surface area is 161 Å². The molecular formula is C19H18N4O4S. The van der Waals surface area contributed by atoms with E-state index in [4.69, 9.17) is 0 Å². The normalized spacial score (nSPS) is 14.1. The van der Waals surface area contributed by atoms with Crippen LogP contribution in [0.25, 0.3) is 5.52 Å². The number of carbonyl (C=O) groups excluding carboxylic acids is 2. The molecule has 3 heterocycles. The fourth-order valence-corrected chi connectivity index (χ4v) is 4.21. The van der Waals surface area contributed by atoms with Crippen molar-refractivity contribution in [3.8, 4) is 0 Å². The number of amides is 2. The zero-order valence-electron chi connectivity index (χ0n) is 14.9. The predicted molar refractivity (Wildman–Crippen MR) is 102 cm³/mol. The molecule has 144 valence electrons. The van der Waals surface area contributed by atoms with E-state index < -0.39 is 21.8 Å². The number of benzene rings is 1. The Morgan fingerprint density at radius 3 is 2.36 bits per heavy atom. The van der Waals surface area contributed by atoms with E-state index in [1.54, 1.807) is 30.5 Å². The number of hydrogen-bond acceptors (Lipinski definition) is 5. The number of nitrogens with one attached hydrogen (secondary N) is 1. The summed E-state index contributed by atoms with van der Waals surface area (Å²) in [5.74, 6) is -0.515. The third-order valence-electron chi connectivity index (χ3n) is 4.65. The van der Waals surface area contributed by atoms with Gasteiger partial charge in [-0.15, -0.1) is 0 Å². The average molecular weight is 398 g/mol. The van der Waals surface area contributed by atoms with Crippen molar-refractivity contribution in [1.82, 2.24) is 19.0 Å². The van der Waals surface area contributed by atoms with E-state index in [0.717, 1.165) is 16.2 Å². The van der Waals surface area contributed by atoms with E-state index in [-0.39, 0.29) is 18.8 Å². The number of aromatic nitrogens is 2. The SMILES string of the molecule is O=C1c2ccccc2C(=O)N1CCS(=O)(=O)NCCc1ncc2ccccn12. The molecule has 28 heavy (non-hydrogen) atoms. The molecule has 0 saturated heterocycles. The van der Waals surface area contributed by atoms with Gasteiger partial charge in [-0.05, 0) is 24.3 Å². The molecule has 2 aromatic heterocycles. The summed E-state index contributed by atoms with van der Waals surface area (Å²) in [5.41, 5.74) is 1.55. The summed E-state index contributed by atoms with van der Waals surface area (Å²) in [4.78, 5) is 29.9. The van der Waals surface area contributed by atoms with E-state index in [1.165, 1.54) is 0 Å². The molecule has 1 aromatic carbocycles. The molecular weight excluding hydrogens is 380 g/mol. The molecule has 1 N–H and O–H groups in total. The van der Waals surface area contributed by atoms with Gasteiger partial charge < -0.3 is 4.40 Å². The van der Waals surface area contributed by atoms with Gasteiger partial charge in [0.2, 0.25) is 10.0 Å². The molecule has 0 saturated carbocycles. The first-order valence-electron chi connectivity index (χ1n) is 8.80. The maximum Gasteiger partial charge on any atom is 0.261 e. The Morgan fingerprint density at radius 2 is 1.64 bits per heavy atom. The van der Waals surface area contributed by atoms with Crippen LogP contribution in [0, 0.1) is 0 Å². The van der Waals surface area contributed by atoms with E-state index in [2.05, 4.69) is 9.71 Å². The van der Waals surface area contributed by atoms with E-state index >= 15 is 0 Å². The van der Waals surface area contributed by atoms with Crippen molar-refractivity contribution in [2.24, 2.45) is 0 Å². The fourth-order valence-electron chi connectivity index (χ4n) is 3.23. The first-order valence-corrected chi connectivity index (χ1v) is 10.4. The summed E-state index contributed by atoms with van der Waals surface area (Å²) in [6, 6.07) is 12.2. The molecule has 0 aliphatic carbocycles. The van der Waals surface area contributed by atoms with Crippen molar-refractivity contribution < 1.29 is 18.0 Å². The molecule has 1 aliphatic heterocycles. The van der Waals surface area contributed by atoms with Crippen LogP contribution in [0.1, 0.15) is 26.5 Å². The average Bonchev–Trinajstić information content (AvgIpc) is 3.20. The van der Waals surface area contributed by atoms with Crippen LogP contribution >= 0.6 is 0 Å². The fraction of sp³-hybridized carbons (Fsp3) is 0.211. The summed E-state index contributed by atoms with van der Waals surface area (Å²) in [6.45, 7) is -0.00749. The monoisotopic (exact) mass is 398 g/mol. The Balaban J connectivity index is 1.34. The number of imidazole rings is 1. The quantitative estimate of drug-likeness (QED) is 0.601. The number of carbonyl (C=O) groups is 2. The van der Waals surface area contributed by atoms with Gasteiger partial charge in [-0.25, -0.2) is 18.1 Å². The van der Waals surface area contributed by atoms with Crippen LogP contribution in [-0.2, 0) is 16.4 Å². The first-order chi connectivity index (χ1) is 13.5. The van der Waals surface area contributed by atoms with Crippen molar-refractivity contribution in [2.45, 2.75) is 6.42 Å². The molecule has 9 heteroatoms. The highest BCUT2D eigenvalue weighted by atomic mass is 32.2. The second-order valence-corrected chi connectivity index (χ2v) is 8.37. The third-order valence-corrected chi connectivity index (χ3v) is 6.01. The number of imide groups is 1. The minimum absolute atomic E-state index is 0.179. The Morgan fingerprint density at radius 1 is 0.964 bits per heavy atom. The van der Waals surface area contributed by atoms with E-state index in [9.17, 15) is 18.0 Å². The second kappa shape index (κ2) is 7.17. The molecule has 2 amide bonds. The van der Waals surface area contributed by atoms with Crippen molar-refractivity contribution >= 4 is 27.4 Å². The lowest BCUT2D eigenvalue weighted by Gasteiger charge is -2.14. The Kier molecular flexibility index (Phi) is 4.70. The van der Waals surface area contributed by atoms with Gasteiger partial charge in [0, 0.05) is 25.7 Å². The molecule has 0 bridgehead atoms. The third kappa shape index (κ3) is 3.41. The van der Waals surface area contributed by atoms with Crippen molar-refractivity contribution in [3.05, 3.63) is 71.8 Å². The minimum Gasteiger partial charge on any atom is -0.304 e. The van der Waals surface area contributed by atoms with Crippen LogP contribution in [0.15, 0.2) is 54.9 Å². The van der Waals surface area contributed by atoms with Gasteiger partial charge in [-0.1, -0.05) is 18.2 Å². The zero-order chi connectivity index (χ0) is 19.7. The smallest absolute Gasteiger partial charge is 0.261 e. The molecule has 4 rings (SSSR count). The molecule has 0 radical (unpaired) electrons. The highest BCUT2D eigenvalue weighted by molar-refractivity contribution is 7.89. The molecule has 0 fully saturated rings. The Hall–Kier alpha value is -3.04. The summed E-state index contributed by atoms with van der Waals surface area (Å²) < 4.78 is 29.0. The highest BCUT2D eigenvalue weighted by Crippen LogP contribution is 2.22. The molecule has 8 nitrogen and oxygen atoms in total. The van der Waals surface area contributed by atoms with Crippen LogP contribution in [0.4, 0.5) is 0 Å². The van der Waals surface area contributed by atoms with E-state index in [1.807, 2.05) is 28.8 Å². The van der Waals surface area contributed by atoms with Gasteiger partial charge in [0.1, 0.15) is 5.82 Å². The van der Waals surface area contributed by atoms with Crippen LogP contribution in [0.3, 0.4) is 0 Å². The lowest BCUT2D eigenvalue weighted by Crippen LogP contribution is -2.38. The van der Waals surface area contributed by atoms with Crippen LogP contribution in [-0.4, -0.2) is 53.4 Å². The summed E-state index contributed by atoms with van der Waals surface area (Å²) in [7, 11) is -3.64. The summed E-state index contributed by atoms with van der Waals surface area (Å²) in [6.07, 6.45) is 4.02. The maximum absolute atomic E-state index is 12.3. The second-order valence-electron chi connectivity index (χ2n) is 6.44. The number of pyridine rings is 1. The maximum atomic E-state index is 12.3. The van der Waals surface area contributed by atoms with Crippen LogP contribution < -0.4 is 4.72 Å². The van der Waals surface area contributed by atoms with Crippen molar-refractivity contribution in [1.29, 1.82) is 0 Å². The van der Waals surface area contributed by atoms with Crippen LogP contribution in [0.5, 0.6) is 0 Å². The van der Waals surface area contributed by atoms with Gasteiger partial charge in [0.15, 0.2) is 0 Å². The predicted octanol–water partition coefficient (Wildman–Crippen LogP) is 1.09. The summed E-state index contributed by atoms with van der Waals surface area (Å²) >= 11 is 0. The Bertz CT molecular complexity index is 1130. The van der Waals surface area contributed by atoms with Crippen LogP contribution in [0.2, 0.25) is 0 Å². The lowest BCUT2D eigenvalue weighted by molar-refractivity contribution is 0.0664. The van der Waals surface area contributed by atoms with Gasteiger partial charge >= 0.3 is 0 Å². The van der Waals surface area contributed by atoms with Gasteiger partial charge in [-0.3, -0.25) is 14.5 Å². The van der Waals surface area contributed by atoms with Gasteiger partial charge in [-0.2, -0.15) is 0 Å². The van der Waals surface area contributed by atoms with Gasteiger partial charge in [0.05, 0.1) is 28.6 Å². The largest absolute Gasteiger partial charge is 0.304 e. The number of fused-ring (bicyclic) bond motifs is 2. The zero-order valence-corrected chi connectivity index (χ0v) is 15.7.